The maximum absolute atomic E-state index is 13.1. The van der Waals surface area contributed by atoms with Gasteiger partial charge in [-0.15, -0.1) is 0 Å². The first-order chi connectivity index (χ1) is 35.8. The van der Waals surface area contributed by atoms with Crippen molar-refractivity contribution < 1.29 is 39.8 Å². The Bertz CT molecular complexity index is 1240. The molecule has 1 saturated heterocycles. The zero-order chi connectivity index (χ0) is 52.9. The molecule has 0 radical (unpaired) electrons. The maximum Gasteiger partial charge on any atom is 0.220 e. The number of hydrogen-bond acceptors (Lipinski definition) is 8. The minimum Gasteiger partial charge on any atom is -0.394 e. The van der Waals surface area contributed by atoms with E-state index in [9.17, 15) is 30.3 Å². The lowest BCUT2D eigenvalue weighted by Crippen LogP contribution is -2.60. The molecule has 9 heteroatoms. The second-order valence-electron chi connectivity index (χ2n) is 22.2. The van der Waals surface area contributed by atoms with Gasteiger partial charge >= 0.3 is 0 Å². The molecule has 0 aromatic heterocycles. The Labute approximate surface area is 451 Å². The Morgan fingerprint density at radius 1 is 0.452 bits per heavy atom. The molecule has 9 nitrogen and oxygen atoms in total. The molecule has 430 valence electrons. The molecule has 1 aliphatic rings. The lowest BCUT2D eigenvalue weighted by atomic mass is 9.99. The smallest absolute Gasteiger partial charge is 0.220 e. The first-order valence-electron chi connectivity index (χ1n) is 31.7. The number of amides is 1. The summed E-state index contributed by atoms with van der Waals surface area (Å²) in [6, 6.07) is -0.820. The lowest BCUT2D eigenvalue weighted by molar-refractivity contribution is -0.302. The van der Waals surface area contributed by atoms with Gasteiger partial charge in [-0.1, -0.05) is 281 Å². The number of ether oxygens (including phenoxy) is 2. The van der Waals surface area contributed by atoms with E-state index in [1.165, 1.54) is 250 Å². The van der Waals surface area contributed by atoms with E-state index < -0.39 is 49.5 Å². The van der Waals surface area contributed by atoms with Gasteiger partial charge in [-0.25, -0.2) is 0 Å². The second-order valence-corrected chi connectivity index (χ2v) is 22.2. The van der Waals surface area contributed by atoms with Crippen LogP contribution < -0.4 is 5.32 Å². The third-order valence-electron chi connectivity index (χ3n) is 15.2. The van der Waals surface area contributed by atoms with E-state index in [1.54, 1.807) is 6.08 Å². The molecule has 6 N–H and O–H groups in total. The van der Waals surface area contributed by atoms with Crippen LogP contribution in [-0.4, -0.2) is 87.5 Å². The number of aliphatic hydroxyl groups excluding tert-OH is 5. The van der Waals surface area contributed by atoms with Crippen molar-refractivity contribution in [1.29, 1.82) is 0 Å². The summed E-state index contributed by atoms with van der Waals surface area (Å²) in [4.78, 5) is 13.1. The quantitative estimate of drug-likeness (QED) is 0.0261. The molecule has 1 aliphatic heterocycles. The molecular weight excluding hydrogens is 911 g/mol. The van der Waals surface area contributed by atoms with E-state index in [4.69, 9.17) is 9.47 Å². The number of allylic oxidation sites excluding steroid dienone is 5. The third kappa shape index (κ3) is 43.1. The van der Waals surface area contributed by atoms with Crippen molar-refractivity contribution in [3.05, 3.63) is 36.5 Å². The SMILES string of the molecule is CCCCCCCCCC/C=C\CCCCCCCCCCCCCCCCCCCCCCCC(=O)NC(COC1OC(CO)C(O)C(O)C1O)C(O)/C=C/CC/C=C/CCCCCCCCCCCCC. The third-order valence-corrected chi connectivity index (χ3v) is 15.2. The standard InChI is InChI=1S/C64H121NO8/c1-3-5-7-9-11-13-15-17-19-21-22-23-24-25-26-27-28-29-30-31-32-33-34-35-36-38-40-42-44-46-48-50-52-54-60(68)65-57(56-72-64-63(71)62(70)61(69)59(55-66)73-64)58(67)53-51-49-47-45-43-41-39-37-20-18-16-14-12-10-8-6-4-2/h21-22,43,45,51,53,57-59,61-64,66-67,69-71H,3-20,23-42,44,46-50,52,54-56H2,1-2H3,(H,65,68)/b22-21-,45-43+,53-51+. The van der Waals surface area contributed by atoms with E-state index in [0.29, 0.717) is 6.42 Å². The van der Waals surface area contributed by atoms with Crippen LogP contribution in [0.3, 0.4) is 0 Å². The second kappa shape index (κ2) is 53.8. The van der Waals surface area contributed by atoms with Crippen molar-refractivity contribution in [2.75, 3.05) is 13.2 Å². The molecule has 1 rings (SSSR count). The Morgan fingerprint density at radius 3 is 1.15 bits per heavy atom. The summed E-state index contributed by atoms with van der Waals surface area (Å²) >= 11 is 0. The van der Waals surface area contributed by atoms with Gasteiger partial charge in [0, 0.05) is 6.42 Å². The van der Waals surface area contributed by atoms with Gasteiger partial charge in [0.25, 0.3) is 0 Å². The number of hydrogen-bond donors (Lipinski definition) is 6. The van der Waals surface area contributed by atoms with Crippen LogP contribution in [0.2, 0.25) is 0 Å². The fourth-order valence-electron chi connectivity index (χ4n) is 10.2. The molecule has 0 saturated carbocycles. The van der Waals surface area contributed by atoms with Gasteiger partial charge in [-0.3, -0.25) is 4.79 Å². The molecular formula is C64H121NO8. The number of unbranched alkanes of at least 4 members (excludes halogenated alkanes) is 41. The van der Waals surface area contributed by atoms with E-state index in [1.807, 2.05) is 6.08 Å². The Hall–Kier alpha value is -1.59. The number of nitrogens with one attached hydrogen (secondary N) is 1. The highest BCUT2D eigenvalue weighted by atomic mass is 16.7. The zero-order valence-corrected chi connectivity index (χ0v) is 47.9. The van der Waals surface area contributed by atoms with E-state index in [2.05, 4.69) is 43.5 Å². The number of aliphatic hydroxyl groups is 5. The van der Waals surface area contributed by atoms with Crippen molar-refractivity contribution in [3.8, 4) is 0 Å². The fraction of sp³-hybridized carbons (Fsp3) is 0.891. The summed E-state index contributed by atoms with van der Waals surface area (Å²) in [6.45, 7) is 3.79. The average Bonchev–Trinajstić information content (AvgIpc) is 3.39. The molecule has 1 fully saturated rings. The summed E-state index contributed by atoms with van der Waals surface area (Å²) < 4.78 is 11.3. The number of carbonyl (C=O) groups excluding carboxylic acids is 1. The minimum atomic E-state index is -1.57. The van der Waals surface area contributed by atoms with E-state index >= 15 is 0 Å². The van der Waals surface area contributed by atoms with Crippen LogP contribution in [0.4, 0.5) is 0 Å². The van der Waals surface area contributed by atoms with Gasteiger partial charge in [0.2, 0.25) is 5.91 Å². The first-order valence-corrected chi connectivity index (χ1v) is 31.7. The normalized spacial score (nSPS) is 19.2. The zero-order valence-electron chi connectivity index (χ0n) is 47.9. The van der Waals surface area contributed by atoms with Crippen molar-refractivity contribution >= 4 is 5.91 Å². The van der Waals surface area contributed by atoms with Crippen LogP contribution in [0, 0.1) is 0 Å². The van der Waals surface area contributed by atoms with Crippen molar-refractivity contribution in [2.24, 2.45) is 0 Å². The molecule has 0 aromatic carbocycles. The summed E-state index contributed by atoms with van der Waals surface area (Å²) in [5.41, 5.74) is 0. The van der Waals surface area contributed by atoms with Gasteiger partial charge in [0.05, 0.1) is 25.4 Å². The highest BCUT2D eigenvalue weighted by Gasteiger charge is 2.44. The first kappa shape index (κ1) is 69.4. The maximum atomic E-state index is 13.1. The minimum absolute atomic E-state index is 0.181. The predicted octanol–water partition coefficient (Wildman–Crippen LogP) is 16.3. The largest absolute Gasteiger partial charge is 0.394 e. The molecule has 0 bridgehead atoms. The molecule has 0 aromatic rings. The Kier molecular flexibility index (Phi) is 51.2. The molecule has 7 atom stereocenters. The van der Waals surface area contributed by atoms with Crippen LogP contribution in [-0.2, 0) is 14.3 Å². The average molecular weight is 1030 g/mol. The van der Waals surface area contributed by atoms with Gasteiger partial charge in [-0.05, 0) is 57.8 Å². The summed E-state index contributed by atoms with van der Waals surface area (Å²) in [6.07, 6.45) is 63.8. The molecule has 73 heavy (non-hydrogen) atoms. The van der Waals surface area contributed by atoms with Crippen LogP contribution in [0.5, 0.6) is 0 Å². The van der Waals surface area contributed by atoms with E-state index in [0.717, 1.165) is 38.5 Å². The highest BCUT2D eigenvalue weighted by Crippen LogP contribution is 2.23. The molecule has 0 aliphatic carbocycles. The van der Waals surface area contributed by atoms with E-state index in [-0.39, 0.29) is 12.5 Å². The van der Waals surface area contributed by atoms with Gasteiger partial charge in [0.15, 0.2) is 6.29 Å². The molecule has 1 amide bonds. The van der Waals surface area contributed by atoms with Crippen molar-refractivity contribution in [1.82, 2.24) is 5.32 Å². The molecule has 0 spiro atoms. The summed E-state index contributed by atoms with van der Waals surface area (Å²) in [5.74, 6) is -0.181. The highest BCUT2D eigenvalue weighted by molar-refractivity contribution is 5.76. The summed E-state index contributed by atoms with van der Waals surface area (Å²) in [5, 5.41) is 54.5. The Balaban J connectivity index is 2.12. The topological polar surface area (TPSA) is 149 Å². The van der Waals surface area contributed by atoms with Crippen LogP contribution in [0.25, 0.3) is 0 Å². The fourth-order valence-corrected chi connectivity index (χ4v) is 10.2. The number of carbonyl (C=O) groups is 1. The monoisotopic (exact) mass is 1030 g/mol. The van der Waals surface area contributed by atoms with Crippen LogP contribution >= 0.6 is 0 Å². The van der Waals surface area contributed by atoms with Crippen molar-refractivity contribution in [3.63, 3.8) is 0 Å². The van der Waals surface area contributed by atoms with Crippen LogP contribution in [0.1, 0.15) is 309 Å². The molecule has 7 unspecified atom stereocenters. The number of rotatable bonds is 55. The molecule has 1 heterocycles. The van der Waals surface area contributed by atoms with Gasteiger partial charge < -0.3 is 40.3 Å². The predicted molar refractivity (Wildman–Crippen MR) is 309 cm³/mol. The van der Waals surface area contributed by atoms with Crippen molar-refractivity contribution in [2.45, 2.75) is 352 Å². The van der Waals surface area contributed by atoms with Gasteiger partial charge in [0.1, 0.15) is 24.4 Å². The Morgan fingerprint density at radius 2 is 0.781 bits per heavy atom. The lowest BCUT2D eigenvalue weighted by Gasteiger charge is -2.40. The van der Waals surface area contributed by atoms with Gasteiger partial charge in [-0.2, -0.15) is 0 Å². The van der Waals surface area contributed by atoms with Crippen LogP contribution in [0.15, 0.2) is 36.5 Å². The summed E-state index contributed by atoms with van der Waals surface area (Å²) in [7, 11) is 0.